The number of hydrazine groups is 1. The normalized spacial score (nSPS) is 10.3. The maximum absolute atomic E-state index is 12.3. The largest absolute Gasteiger partial charge is 0.494 e. The fourth-order valence-corrected chi connectivity index (χ4v) is 3.18. The summed E-state index contributed by atoms with van der Waals surface area (Å²) in [4.78, 5) is 24.3. The number of thiocarbonyl (C=S) groups is 1. The Morgan fingerprint density at radius 3 is 2.24 bits per heavy atom. The maximum Gasteiger partial charge on any atom is 0.276 e. The van der Waals surface area contributed by atoms with Gasteiger partial charge in [0.15, 0.2) is 11.7 Å². The highest BCUT2D eigenvalue weighted by molar-refractivity contribution is 7.80. The van der Waals surface area contributed by atoms with Crippen LogP contribution < -0.4 is 25.6 Å². The van der Waals surface area contributed by atoms with Crippen LogP contribution in [0.25, 0.3) is 0 Å². The minimum Gasteiger partial charge on any atom is -0.494 e. The molecule has 0 unspecified atom stereocenters. The van der Waals surface area contributed by atoms with Crippen molar-refractivity contribution in [1.29, 1.82) is 0 Å². The SMILES string of the molecule is CCCCCCOc1ccc(C(=O)NC(=S)NNC(=O)COc2cc(C)c(Cl)c(C)c2)cc1. The second-order valence-corrected chi connectivity index (χ2v) is 8.34. The Labute approximate surface area is 205 Å². The van der Waals surface area contributed by atoms with Crippen LogP contribution in [-0.4, -0.2) is 30.1 Å². The molecule has 0 saturated heterocycles. The van der Waals surface area contributed by atoms with Crippen molar-refractivity contribution in [3.8, 4) is 11.5 Å². The summed E-state index contributed by atoms with van der Waals surface area (Å²) in [6.07, 6.45) is 4.53. The van der Waals surface area contributed by atoms with E-state index in [1.165, 1.54) is 12.8 Å². The number of nitrogens with one attached hydrogen (secondary N) is 3. The molecule has 2 amide bonds. The molecule has 3 N–H and O–H groups in total. The summed E-state index contributed by atoms with van der Waals surface area (Å²) in [5, 5.41) is 3.13. The molecule has 0 fully saturated rings. The van der Waals surface area contributed by atoms with Crippen LogP contribution in [0.3, 0.4) is 0 Å². The second-order valence-electron chi connectivity index (χ2n) is 7.55. The lowest BCUT2D eigenvalue weighted by Gasteiger charge is -2.12. The van der Waals surface area contributed by atoms with Crippen LogP contribution in [0, 0.1) is 13.8 Å². The molecule has 9 heteroatoms. The van der Waals surface area contributed by atoms with Crippen molar-refractivity contribution in [3.63, 3.8) is 0 Å². The molecular formula is C24H30ClN3O4S. The molecule has 0 heterocycles. The zero-order chi connectivity index (χ0) is 24.2. The van der Waals surface area contributed by atoms with Gasteiger partial charge in [-0.2, -0.15) is 0 Å². The van der Waals surface area contributed by atoms with Crippen LogP contribution >= 0.6 is 23.8 Å². The first-order valence-electron chi connectivity index (χ1n) is 10.8. The number of ether oxygens (including phenoxy) is 2. The molecule has 2 rings (SSSR count). The summed E-state index contributed by atoms with van der Waals surface area (Å²) in [5.74, 6) is 0.382. The van der Waals surface area contributed by atoms with Crippen molar-refractivity contribution in [2.75, 3.05) is 13.2 Å². The first-order chi connectivity index (χ1) is 15.8. The summed E-state index contributed by atoms with van der Waals surface area (Å²) in [6, 6.07) is 10.3. The smallest absolute Gasteiger partial charge is 0.276 e. The van der Waals surface area contributed by atoms with E-state index in [-0.39, 0.29) is 11.7 Å². The van der Waals surface area contributed by atoms with E-state index >= 15 is 0 Å². The number of unbranched alkanes of at least 4 members (excludes halogenated alkanes) is 3. The van der Waals surface area contributed by atoms with Crippen molar-refractivity contribution in [2.24, 2.45) is 0 Å². The summed E-state index contributed by atoms with van der Waals surface area (Å²) >= 11 is 11.2. The molecule has 0 aromatic heterocycles. The number of amides is 2. The molecule has 2 aromatic rings. The average Bonchev–Trinajstić information content (AvgIpc) is 2.80. The van der Waals surface area contributed by atoms with E-state index in [4.69, 9.17) is 33.3 Å². The van der Waals surface area contributed by atoms with Gasteiger partial charge in [0.25, 0.3) is 11.8 Å². The zero-order valence-electron chi connectivity index (χ0n) is 19.1. The molecule has 0 radical (unpaired) electrons. The van der Waals surface area contributed by atoms with E-state index in [0.717, 1.165) is 24.0 Å². The van der Waals surface area contributed by atoms with Gasteiger partial charge in [0, 0.05) is 10.6 Å². The minimum absolute atomic E-state index is 0.0391. The third kappa shape index (κ3) is 9.27. The predicted octanol–water partition coefficient (Wildman–Crippen LogP) is 4.63. The lowest BCUT2D eigenvalue weighted by molar-refractivity contribution is -0.123. The molecule has 178 valence electrons. The molecule has 7 nitrogen and oxygen atoms in total. The fraction of sp³-hybridized carbons (Fsp3) is 0.375. The molecule has 0 aliphatic carbocycles. The van der Waals surface area contributed by atoms with Crippen LogP contribution in [0.4, 0.5) is 0 Å². The third-order valence-corrected chi connectivity index (χ3v) is 5.51. The van der Waals surface area contributed by atoms with Crippen molar-refractivity contribution in [3.05, 3.63) is 58.1 Å². The van der Waals surface area contributed by atoms with Crippen LogP contribution in [0.2, 0.25) is 5.02 Å². The third-order valence-electron chi connectivity index (χ3n) is 4.71. The Balaban J connectivity index is 1.71. The maximum atomic E-state index is 12.3. The van der Waals surface area contributed by atoms with E-state index in [2.05, 4.69) is 23.1 Å². The molecule has 0 spiro atoms. The molecule has 33 heavy (non-hydrogen) atoms. The van der Waals surface area contributed by atoms with Gasteiger partial charge in [-0.1, -0.05) is 37.8 Å². The number of hydrogen-bond acceptors (Lipinski definition) is 5. The van der Waals surface area contributed by atoms with E-state index in [9.17, 15) is 9.59 Å². The highest BCUT2D eigenvalue weighted by atomic mass is 35.5. The van der Waals surface area contributed by atoms with Crippen molar-refractivity contribution < 1.29 is 19.1 Å². The van der Waals surface area contributed by atoms with E-state index in [1.54, 1.807) is 36.4 Å². The predicted molar refractivity (Wildman–Crippen MR) is 134 cm³/mol. The van der Waals surface area contributed by atoms with E-state index in [1.807, 2.05) is 13.8 Å². The van der Waals surface area contributed by atoms with Crippen LogP contribution in [0.1, 0.15) is 54.1 Å². The number of carbonyl (C=O) groups is 2. The Morgan fingerprint density at radius 2 is 1.61 bits per heavy atom. The topological polar surface area (TPSA) is 88.7 Å². The highest BCUT2D eigenvalue weighted by Crippen LogP contribution is 2.25. The minimum atomic E-state index is -0.461. The van der Waals surface area contributed by atoms with Crippen LogP contribution in [-0.2, 0) is 4.79 Å². The average molecular weight is 492 g/mol. The number of aryl methyl sites for hydroxylation is 2. The Kier molecular flexibility index (Phi) is 10.9. The lowest BCUT2D eigenvalue weighted by atomic mass is 10.1. The van der Waals surface area contributed by atoms with Crippen molar-refractivity contribution in [2.45, 2.75) is 46.5 Å². The Bertz CT molecular complexity index is 944. The van der Waals surface area contributed by atoms with Gasteiger partial charge < -0.3 is 9.47 Å². The van der Waals surface area contributed by atoms with Crippen molar-refractivity contribution in [1.82, 2.24) is 16.2 Å². The monoisotopic (exact) mass is 491 g/mol. The standard InChI is InChI=1S/C24H30ClN3O4S/c1-4-5-6-7-12-31-19-10-8-18(9-11-19)23(30)26-24(33)28-27-21(29)15-32-20-13-16(2)22(25)17(3)14-20/h8-11,13-14H,4-7,12,15H2,1-3H3,(H,27,29)(H2,26,28,30,33). The van der Waals surface area contributed by atoms with Crippen molar-refractivity contribution >= 4 is 40.7 Å². The lowest BCUT2D eigenvalue weighted by Crippen LogP contribution is -2.49. The van der Waals surface area contributed by atoms with Gasteiger partial charge in [-0.25, -0.2) is 0 Å². The van der Waals surface area contributed by atoms with Crippen LogP contribution in [0.15, 0.2) is 36.4 Å². The summed E-state index contributed by atoms with van der Waals surface area (Å²) in [7, 11) is 0. The molecular weight excluding hydrogens is 462 g/mol. The molecule has 0 atom stereocenters. The van der Waals surface area contributed by atoms with Gasteiger partial charge in [0.1, 0.15) is 11.5 Å². The first-order valence-corrected chi connectivity index (χ1v) is 11.6. The van der Waals surface area contributed by atoms with Gasteiger partial charge in [0.2, 0.25) is 0 Å². The molecule has 0 bridgehead atoms. The summed E-state index contributed by atoms with van der Waals surface area (Å²) in [5.41, 5.74) is 7.00. The van der Waals surface area contributed by atoms with Crippen LogP contribution in [0.5, 0.6) is 11.5 Å². The Hall–Kier alpha value is -2.84. The number of benzene rings is 2. The summed E-state index contributed by atoms with van der Waals surface area (Å²) < 4.78 is 11.1. The number of carbonyl (C=O) groups excluding carboxylic acids is 2. The molecule has 0 aliphatic rings. The Morgan fingerprint density at radius 1 is 0.939 bits per heavy atom. The first kappa shape index (κ1) is 26.4. The van der Waals surface area contributed by atoms with Gasteiger partial charge in [0.05, 0.1) is 6.61 Å². The summed E-state index contributed by atoms with van der Waals surface area (Å²) in [6.45, 7) is 6.31. The van der Waals surface area contributed by atoms with Gasteiger partial charge in [-0.05, 0) is 80.0 Å². The molecule has 0 saturated carbocycles. The van der Waals surface area contributed by atoms with Gasteiger partial charge in [-0.3, -0.25) is 25.8 Å². The van der Waals surface area contributed by atoms with Gasteiger partial charge in [-0.15, -0.1) is 0 Å². The number of halogens is 1. The number of hydrogen-bond donors (Lipinski definition) is 3. The number of rotatable bonds is 10. The zero-order valence-corrected chi connectivity index (χ0v) is 20.7. The fourth-order valence-electron chi connectivity index (χ4n) is 2.93. The van der Waals surface area contributed by atoms with E-state index in [0.29, 0.717) is 28.7 Å². The molecule has 0 aliphatic heterocycles. The van der Waals surface area contributed by atoms with E-state index < -0.39 is 11.8 Å². The quantitative estimate of drug-likeness (QED) is 0.255. The van der Waals surface area contributed by atoms with Gasteiger partial charge >= 0.3 is 0 Å². The molecule has 2 aromatic carbocycles. The highest BCUT2D eigenvalue weighted by Gasteiger charge is 2.10. The second kappa shape index (κ2) is 13.6.